The third-order valence-corrected chi connectivity index (χ3v) is 3.80. The third-order valence-electron chi connectivity index (χ3n) is 3.80. The second-order valence-electron chi connectivity index (χ2n) is 5.33. The maximum absolute atomic E-state index is 12.1. The number of pyridine rings is 1. The number of nitrogens with one attached hydrogen (secondary N) is 2. The van der Waals surface area contributed by atoms with Gasteiger partial charge in [-0.3, -0.25) is 4.79 Å². The predicted octanol–water partition coefficient (Wildman–Crippen LogP) is 3.40. The molecule has 0 saturated heterocycles. The maximum atomic E-state index is 12.1. The van der Waals surface area contributed by atoms with Crippen LogP contribution in [-0.2, 0) is 0 Å². The quantitative estimate of drug-likeness (QED) is 0.690. The van der Waals surface area contributed by atoms with Gasteiger partial charge < -0.3 is 15.4 Å². The number of aromatic amines is 1. The van der Waals surface area contributed by atoms with E-state index in [4.69, 9.17) is 0 Å². The Kier molecular flexibility index (Phi) is 3.85. The zero-order chi connectivity index (χ0) is 16.4. The van der Waals surface area contributed by atoms with Crippen LogP contribution < -0.4 is 10.9 Å². The molecule has 1 atom stereocenters. The topological polar surface area (TPSA) is 82.2 Å². The van der Waals surface area contributed by atoms with Crippen molar-refractivity contribution in [2.45, 2.75) is 13.0 Å². The van der Waals surface area contributed by atoms with Gasteiger partial charge in [0.05, 0.1) is 11.2 Å². The smallest absolute Gasteiger partial charge is 0.343 e. The highest BCUT2D eigenvalue weighted by Gasteiger charge is 2.20. The van der Waals surface area contributed by atoms with Gasteiger partial charge in [0.15, 0.2) is 0 Å². The molecule has 0 bridgehead atoms. The minimum atomic E-state index is -1.25. The van der Waals surface area contributed by atoms with E-state index in [0.29, 0.717) is 16.6 Å². The van der Waals surface area contributed by atoms with Crippen molar-refractivity contribution in [3.8, 4) is 0 Å². The van der Waals surface area contributed by atoms with Gasteiger partial charge in [-0.15, -0.1) is 0 Å². The molecule has 3 N–H and O–H groups in total. The molecule has 0 radical (unpaired) electrons. The van der Waals surface area contributed by atoms with Crippen LogP contribution in [0.3, 0.4) is 0 Å². The molecule has 0 saturated carbocycles. The van der Waals surface area contributed by atoms with Gasteiger partial charge in [0.2, 0.25) is 0 Å². The van der Waals surface area contributed by atoms with Crippen molar-refractivity contribution in [2.24, 2.45) is 0 Å². The zero-order valence-electron chi connectivity index (χ0n) is 12.5. The standard InChI is InChI=1S/C18H16N2O3/c1-11(12-7-3-2-4-8-12)19-16-13-9-5-6-10-14(13)20-17(21)15(16)18(22)23/h2-11H,1H3,(H,22,23)(H2,19,20,21)/t11-/m0/s1. The van der Waals surface area contributed by atoms with Gasteiger partial charge >= 0.3 is 5.97 Å². The summed E-state index contributed by atoms with van der Waals surface area (Å²) in [6, 6.07) is 16.7. The molecule has 5 nitrogen and oxygen atoms in total. The van der Waals surface area contributed by atoms with Crippen LogP contribution in [0.25, 0.3) is 10.9 Å². The number of para-hydroxylation sites is 1. The summed E-state index contributed by atoms with van der Waals surface area (Å²) in [5.74, 6) is -1.25. The zero-order valence-corrected chi connectivity index (χ0v) is 12.5. The van der Waals surface area contributed by atoms with Gasteiger partial charge in [-0.2, -0.15) is 0 Å². The summed E-state index contributed by atoms with van der Waals surface area (Å²) >= 11 is 0. The van der Waals surface area contributed by atoms with Crippen molar-refractivity contribution in [2.75, 3.05) is 5.32 Å². The Hall–Kier alpha value is -3.08. The molecule has 0 amide bonds. The Labute approximate surface area is 132 Å². The van der Waals surface area contributed by atoms with Crippen LogP contribution in [0, 0.1) is 0 Å². The Morgan fingerprint density at radius 3 is 2.43 bits per heavy atom. The first kappa shape index (κ1) is 14.8. The molecule has 1 aromatic heterocycles. The van der Waals surface area contributed by atoms with Crippen molar-refractivity contribution in [3.05, 3.63) is 76.1 Å². The van der Waals surface area contributed by atoms with E-state index in [1.54, 1.807) is 18.2 Å². The fraction of sp³-hybridized carbons (Fsp3) is 0.111. The number of aromatic carboxylic acids is 1. The van der Waals surface area contributed by atoms with E-state index >= 15 is 0 Å². The summed E-state index contributed by atoms with van der Waals surface area (Å²) in [5.41, 5.74) is 1.07. The number of anilines is 1. The van der Waals surface area contributed by atoms with E-state index in [2.05, 4.69) is 10.3 Å². The normalized spacial score (nSPS) is 12.0. The predicted molar refractivity (Wildman–Crippen MR) is 90.0 cm³/mol. The largest absolute Gasteiger partial charge is 0.477 e. The molecule has 2 aromatic carbocycles. The first-order valence-corrected chi connectivity index (χ1v) is 7.27. The van der Waals surface area contributed by atoms with E-state index in [-0.39, 0.29) is 11.6 Å². The highest BCUT2D eigenvalue weighted by atomic mass is 16.4. The Morgan fingerprint density at radius 2 is 1.74 bits per heavy atom. The van der Waals surface area contributed by atoms with E-state index in [1.165, 1.54) is 0 Å². The van der Waals surface area contributed by atoms with Gasteiger partial charge in [0, 0.05) is 11.4 Å². The fourth-order valence-corrected chi connectivity index (χ4v) is 2.64. The van der Waals surface area contributed by atoms with Crippen LogP contribution in [0.1, 0.15) is 28.9 Å². The molecular weight excluding hydrogens is 292 g/mol. The molecule has 3 rings (SSSR count). The molecule has 116 valence electrons. The third kappa shape index (κ3) is 2.81. The highest BCUT2D eigenvalue weighted by molar-refractivity contribution is 6.04. The van der Waals surface area contributed by atoms with Crippen LogP contribution in [-0.4, -0.2) is 16.1 Å². The summed E-state index contributed by atoms with van der Waals surface area (Å²) in [4.78, 5) is 26.3. The van der Waals surface area contributed by atoms with Gasteiger partial charge in [0.1, 0.15) is 5.56 Å². The lowest BCUT2D eigenvalue weighted by Crippen LogP contribution is -2.22. The average molecular weight is 308 g/mol. The van der Waals surface area contributed by atoms with E-state index in [0.717, 1.165) is 5.56 Å². The summed E-state index contributed by atoms with van der Waals surface area (Å²) in [6.07, 6.45) is 0. The summed E-state index contributed by atoms with van der Waals surface area (Å²) in [6.45, 7) is 1.93. The SMILES string of the molecule is C[C@H](Nc1c(C(=O)O)c(=O)[nH]c2ccccc12)c1ccccc1. The number of H-pyrrole nitrogens is 1. The molecule has 3 aromatic rings. The lowest BCUT2D eigenvalue weighted by molar-refractivity contribution is 0.0696. The van der Waals surface area contributed by atoms with Crippen LogP contribution >= 0.6 is 0 Å². The molecule has 0 aliphatic carbocycles. The second kappa shape index (κ2) is 5.96. The Morgan fingerprint density at radius 1 is 1.09 bits per heavy atom. The number of fused-ring (bicyclic) bond motifs is 1. The minimum absolute atomic E-state index is 0.139. The number of benzene rings is 2. The number of rotatable bonds is 4. The van der Waals surface area contributed by atoms with E-state index < -0.39 is 11.5 Å². The second-order valence-corrected chi connectivity index (χ2v) is 5.33. The number of carboxylic acid groups (broad SMARTS) is 1. The molecule has 0 unspecified atom stereocenters. The van der Waals surface area contributed by atoms with Crippen molar-refractivity contribution < 1.29 is 9.90 Å². The van der Waals surface area contributed by atoms with Crippen molar-refractivity contribution in [3.63, 3.8) is 0 Å². The first-order valence-electron chi connectivity index (χ1n) is 7.27. The molecule has 0 fully saturated rings. The molecular formula is C18H16N2O3. The van der Waals surface area contributed by atoms with Gasteiger partial charge in [-0.25, -0.2) is 4.79 Å². The lowest BCUT2D eigenvalue weighted by Gasteiger charge is -2.18. The lowest BCUT2D eigenvalue weighted by atomic mass is 10.0. The Balaban J connectivity index is 2.17. The molecule has 0 aliphatic heterocycles. The fourth-order valence-electron chi connectivity index (χ4n) is 2.64. The molecule has 5 heteroatoms. The summed E-state index contributed by atoms with van der Waals surface area (Å²) < 4.78 is 0. The molecule has 1 heterocycles. The van der Waals surface area contributed by atoms with Gasteiger partial charge in [0.25, 0.3) is 5.56 Å². The monoisotopic (exact) mass is 308 g/mol. The summed E-state index contributed by atoms with van der Waals surface area (Å²) in [5, 5.41) is 13.3. The van der Waals surface area contributed by atoms with Crippen LogP contribution in [0.2, 0.25) is 0 Å². The van der Waals surface area contributed by atoms with Crippen molar-refractivity contribution in [1.82, 2.24) is 4.98 Å². The number of carbonyl (C=O) groups is 1. The molecule has 23 heavy (non-hydrogen) atoms. The minimum Gasteiger partial charge on any atom is -0.477 e. The van der Waals surface area contributed by atoms with E-state index in [9.17, 15) is 14.7 Å². The van der Waals surface area contributed by atoms with Crippen LogP contribution in [0.4, 0.5) is 5.69 Å². The number of hydrogen-bond donors (Lipinski definition) is 3. The maximum Gasteiger partial charge on any atom is 0.343 e. The molecule has 0 spiro atoms. The van der Waals surface area contributed by atoms with E-state index in [1.807, 2.05) is 43.3 Å². The Bertz CT molecular complexity index is 916. The highest BCUT2D eigenvalue weighted by Crippen LogP contribution is 2.27. The van der Waals surface area contributed by atoms with Crippen molar-refractivity contribution >= 4 is 22.6 Å². The number of aromatic nitrogens is 1. The number of hydrogen-bond acceptors (Lipinski definition) is 3. The van der Waals surface area contributed by atoms with Crippen molar-refractivity contribution in [1.29, 1.82) is 0 Å². The number of carboxylic acids is 1. The average Bonchev–Trinajstić information content (AvgIpc) is 2.55. The first-order chi connectivity index (χ1) is 11.1. The van der Waals surface area contributed by atoms with Gasteiger partial charge in [-0.05, 0) is 18.6 Å². The van der Waals surface area contributed by atoms with Crippen LogP contribution in [0.15, 0.2) is 59.4 Å². The van der Waals surface area contributed by atoms with Gasteiger partial charge in [-0.1, -0.05) is 48.5 Å². The summed E-state index contributed by atoms with van der Waals surface area (Å²) in [7, 11) is 0. The molecule has 0 aliphatic rings. The van der Waals surface area contributed by atoms with Crippen LogP contribution in [0.5, 0.6) is 0 Å².